The van der Waals surface area contributed by atoms with Crippen LogP contribution in [0.15, 0.2) is 43.0 Å². The quantitative estimate of drug-likeness (QED) is 0.915. The highest BCUT2D eigenvalue weighted by molar-refractivity contribution is 5.66. The first-order valence-corrected chi connectivity index (χ1v) is 7.37. The van der Waals surface area contributed by atoms with Crippen LogP contribution in [0.4, 0.5) is 17.1 Å². The smallest absolute Gasteiger partial charge is 0.0738 e. The second-order valence-electron chi connectivity index (χ2n) is 5.48. The number of nitrogens with two attached hydrogens (primary N) is 1. The van der Waals surface area contributed by atoms with E-state index in [9.17, 15) is 0 Å². The summed E-state index contributed by atoms with van der Waals surface area (Å²) in [5.41, 5.74) is 9.17. The van der Waals surface area contributed by atoms with Gasteiger partial charge in [0.2, 0.25) is 0 Å². The summed E-state index contributed by atoms with van der Waals surface area (Å²) >= 11 is 0. The van der Waals surface area contributed by atoms with Gasteiger partial charge in [0, 0.05) is 50.0 Å². The molecule has 1 saturated heterocycles. The second kappa shape index (κ2) is 5.99. The maximum absolute atomic E-state index is 6.08. The van der Waals surface area contributed by atoms with Crippen molar-refractivity contribution in [1.29, 1.82) is 0 Å². The summed E-state index contributed by atoms with van der Waals surface area (Å²) in [5.74, 6) is 0. The van der Waals surface area contributed by atoms with Crippen molar-refractivity contribution in [2.24, 2.45) is 0 Å². The number of nitrogen functional groups attached to an aromatic ring is 1. The van der Waals surface area contributed by atoms with E-state index < -0.39 is 0 Å². The van der Waals surface area contributed by atoms with Gasteiger partial charge in [-0.15, -0.1) is 0 Å². The van der Waals surface area contributed by atoms with E-state index in [0.29, 0.717) is 6.04 Å². The Hall–Kier alpha value is -2.30. The van der Waals surface area contributed by atoms with Gasteiger partial charge in [-0.1, -0.05) is 0 Å². The van der Waals surface area contributed by atoms with Crippen LogP contribution in [0.2, 0.25) is 0 Å². The zero-order chi connectivity index (χ0) is 14.7. The molecule has 2 N–H and O–H groups in total. The van der Waals surface area contributed by atoms with Crippen molar-refractivity contribution in [2.75, 3.05) is 35.2 Å². The van der Waals surface area contributed by atoms with Crippen LogP contribution < -0.4 is 15.5 Å². The lowest BCUT2D eigenvalue weighted by atomic mass is 10.2. The number of pyridine rings is 2. The molecule has 1 unspecified atom stereocenters. The van der Waals surface area contributed by atoms with Crippen molar-refractivity contribution in [3.8, 4) is 0 Å². The fourth-order valence-electron chi connectivity index (χ4n) is 2.97. The zero-order valence-electron chi connectivity index (χ0n) is 12.3. The van der Waals surface area contributed by atoms with E-state index >= 15 is 0 Å². The van der Waals surface area contributed by atoms with Crippen molar-refractivity contribution in [3.05, 3.63) is 43.0 Å². The van der Waals surface area contributed by atoms with Gasteiger partial charge in [-0.25, -0.2) is 0 Å². The molecular weight excluding hydrogens is 262 g/mol. The fraction of sp³-hybridized carbons (Fsp3) is 0.375. The van der Waals surface area contributed by atoms with Crippen LogP contribution in [-0.2, 0) is 0 Å². The van der Waals surface area contributed by atoms with Gasteiger partial charge in [-0.2, -0.15) is 0 Å². The monoisotopic (exact) mass is 283 g/mol. The van der Waals surface area contributed by atoms with Gasteiger partial charge in [0.25, 0.3) is 0 Å². The number of aromatic nitrogens is 2. The Morgan fingerprint density at radius 2 is 1.86 bits per heavy atom. The first-order valence-electron chi connectivity index (χ1n) is 7.37. The molecule has 0 amide bonds. The molecule has 2 aromatic rings. The average Bonchev–Trinajstić information content (AvgIpc) is 2.71. The third kappa shape index (κ3) is 2.91. The Balaban J connectivity index is 1.81. The van der Waals surface area contributed by atoms with Gasteiger partial charge < -0.3 is 15.5 Å². The van der Waals surface area contributed by atoms with Gasteiger partial charge in [-0.05, 0) is 31.5 Å². The van der Waals surface area contributed by atoms with E-state index in [-0.39, 0.29) is 0 Å². The molecule has 0 radical (unpaired) electrons. The van der Waals surface area contributed by atoms with Crippen LogP contribution in [0.5, 0.6) is 0 Å². The standard InChI is InChI=1S/C16H21N5/c1-13-12-20(14-3-6-18-7-4-14)9-2-10-21(13)16-5-8-19-11-15(16)17/h3-8,11,13H,2,9-10,12,17H2,1H3. The lowest BCUT2D eigenvalue weighted by Gasteiger charge is -2.32. The summed E-state index contributed by atoms with van der Waals surface area (Å²) in [5, 5.41) is 0. The van der Waals surface area contributed by atoms with Crippen molar-refractivity contribution >= 4 is 17.1 Å². The Kier molecular flexibility index (Phi) is 3.90. The third-order valence-electron chi connectivity index (χ3n) is 4.01. The number of rotatable bonds is 2. The molecule has 0 aromatic carbocycles. The first kappa shape index (κ1) is 13.7. The Morgan fingerprint density at radius 1 is 1.10 bits per heavy atom. The first-order chi connectivity index (χ1) is 10.3. The van der Waals surface area contributed by atoms with Crippen molar-refractivity contribution < 1.29 is 0 Å². The summed E-state index contributed by atoms with van der Waals surface area (Å²) in [7, 11) is 0. The molecule has 5 nitrogen and oxygen atoms in total. The predicted molar refractivity (Wildman–Crippen MR) is 86.5 cm³/mol. The second-order valence-corrected chi connectivity index (χ2v) is 5.48. The molecule has 0 bridgehead atoms. The van der Waals surface area contributed by atoms with Crippen LogP contribution >= 0.6 is 0 Å². The highest BCUT2D eigenvalue weighted by Gasteiger charge is 2.23. The predicted octanol–water partition coefficient (Wildman–Crippen LogP) is 2.16. The molecule has 3 rings (SSSR count). The van der Waals surface area contributed by atoms with E-state index in [2.05, 4.69) is 38.8 Å². The highest BCUT2D eigenvalue weighted by atomic mass is 15.2. The summed E-state index contributed by atoms with van der Waals surface area (Å²) in [4.78, 5) is 13.0. The fourth-order valence-corrected chi connectivity index (χ4v) is 2.97. The minimum Gasteiger partial charge on any atom is -0.396 e. The van der Waals surface area contributed by atoms with Gasteiger partial charge in [0.15, 0.2) is 0 Å². The molecule has 0 aliphatic carbocycles. The van der Waals surface area contributed by atoms with Crippen LogP contribution in [0, 0.1) is 0 Å². The molecule has 1 aliphatic rings. The van der Waals surface area contributed by atoms with E-state index in [4.69, 9.17) is 5.73 Å². The van der Waals surface area contributed by atoms with E-state index in [1.165, 1.54) is 5.69 Å². The largest absolute Gasteiger partial charge is 0.396 e. The minimum absolute atomic E-state index is 0.394. The van der Waals surface area contributed by atoms with E-state index in [1.54, 1.807) is 6.20 Å². The number of hydrogen-bond acceptors (Lipinski definition) is 5. The summed E-state index contributed by atoms with van der Waals surface area (Å²) in [6.07, 6.45) is 8.35. The lowest BCUT2D eigenvalue weighted by Crippen LogP contribution is -2.39. The molecule has 1 fully saturated rings. The Labute approximate surface area is 125 Å². The Morgan fingerprint density at radius 3 is 2.62 bits per heavy atom. The zero-order valence-corrected chi connectivity index (χ0v) is 12.3. The summed E-state index contributed by atoms with van der Waals surface area (Å²) in [6, 6.07) is 6.55. The van der Waals surface area contributed by atoms with Crippen LogP contribution in [-0.4, -0.2) is 35.6 Å². The van der Waals surface area contributed by atoms with E-state index in [1.807, 2.05) is 24.7 Å². The Bertz CT molecular complexity index is 586. The number of hydrogen-bond donors (Lipinski definition) is 1. The summed E-state index contributed by atoms with van der Waals surface area (Å²) < 4.78 is 0. The van der Waals surface area contributed by atoms with Gasteiger partial charge in [0.05, 0.1) is 17.6 Å². The number of nitrogens with zero attached hydrogens (tertiary/aromatic N) is 4. The molecule has 5 heteroatoms. The van der Waals surface area contributed by atoms with Gasteiger partial charge in [0.1, 0.15) is 0 Å². The van der Waals surface area contributed by atoms with Crippen molar-refractivity contribution in [3.63, 3.8) is 0 Å². The lowest BCUT2D eigenvalue weighted by molar-refractivity contribution is 0.665. The third-order valence-corrected chi connectivity index (χ3v) is 4.01. The van der Waals surface area contributed by atoms with Crippen LogP contribution in [0.3, 0.4) is 0 Å². The molecule has 0 spiro atoms. The minimum atomic E-state index is 0.394. The molecule has 3 heterocycles. The molecular formula is C16H21N5. The van der Waals surface area contributed by atoms with Gasteiger partial charge >= 0.3 is 0 Å². The SMILES string of the molecule is CC1CN(c2ccncc2)CCCN1c1ccncc1N. The van der Waals surface area contributed by atoms with Crippen LogP contribution in [0.1, 0.15) is 13.3 Å². The topological polar surface area (TPSA) is 58.3 Å². The van der Waals surface area contributed by atoms with Crippen LogP contribution in [0.25, 0.3) is 0 Å². The maximum atomic E-state index is 6.08. The molecule has 0 saturated carbocycles. The average molecular weight is 283 g/mol. The maximum Gasteiger partial charge on any atom is 0.0738 e. The van der Waals surface area contributed by atoms with Crippen molar-refractivity contribution in [2.45, 2.75) is 19.4 Å². The molecule has 21 heavy (non-hydrogen) atoms. The molecule has 1 atom stereocenters. The normalized spacial score (nSPS) is 19.4. The highest BCUT2D eigenvalue weighted by Crippen LogP contribution is 2.27. The van der Waals surface area contributed by atoms with Crippen molar-refractivity contribution in [1.82, 2.24) is 9.97 Å². The number of anilines is 3. The van der Waals surface area contributed by atoms with Gasteiger partial charge in [-0.3, -0.25) is 9.97 Å². The molecule has 2 aromatic heterocycles. The molecule has 110 valence electrons. The molecule has 1 aliphatic heterocycles. The van der Waals surface area contributed by atoms with E-state index in [0.717, 1.165) is 37.4 Å². The summed E-state index contributed by atoms with van der Waals surface area (Å²) in [6.45, 7) is 5.29.